The molecule has 108 valence electrons. The second-order valence-corrected chi connectivity index (χ2v) is 4.93. The van der Waals surface area contributed by atoms with Crippen LogP contribution < -0.4 is 10.2 Å². The van der Waals surface area contributed by atoms with E-state index >= 15 is 0 Å². The highest BCUT2D eigenvalue weighted by Crippen LogP contribution is 2.24. The van der Waals surface area contributed by atoms with Crippen LogP contribution in [0.4, 0.5) is 5.69 Å². The number of methoxy groups -OCH3 is 1. The van der Waals surface area contributed by atoms with Crippen LogP contribution in [0.25, 0.3) is 0 Å². The Morgan fingerprint density at radius 3 is 2.79 bits per heavy atom. The zero-order valence-electron chi connectivity index (χ0n) is 12.9. The quantitative estimate of drug-likeness (QED) is 0.783. The molecule has 1 unspecified atom stereocenters. The van der Waals surface area contributed by atoms with Crippen LogP contribution in [0.5, 0.6) is 0 Å². The molecule has 0 bridgehead atoms. The summed E-state index contributed by atoms with van der Waals surface area (Å²) in [5.41, 5.74) is 3.57. The van der Waals surface area contributed by atoms with Crippen LogP contribution in [0, 0.1) is 6.92 Å². The predicted octanol–water partition coefficient (Wildman–Crippen LogP) is 2.36. The lowest BCUT2D eigenvalue weighted by atomic mass is 10.1. The van der Waals surface area contributed by atoms with Crippen LogP contribution in [0.2, 0.25) is 0 Å². The minimum Gasteiger partial charge on any atom is -0.383 e. The van der Waals surface area contributed by atoms with Crippen molar-refractivity contribution < 1.29 is 4.74 Å². The average Bonchev–Trinajstić information content (AvgIpc) is 2.41. The van der Waals surface area contributed by atoms with Crippen molar-refractivity contribution in [3.05, 3.63) is 23.5 Å². The standard InChI is InChI=1S/C15H27N3O/c1-6-13(3)18(7-8-19-5)15-9-12(2)17-11-14(15)10-16-4/h9,11,13,16H,6-8,10H2,1-5H3. The van der Waals surface area contributed by atoms with Gasteiger partial charge in [-0.25, -0.2) is 0 Å². The third-order valence-corrected chi connectivity index (χ3v) is 3.43. The van der Waals surface area contributed by atoms with Gasteiger partial charge in [-0.2, -0.15) is 0 Å². The van der Waals surface area contributed by atoms with Crippen LogP contribution >= 0.6 is 0 Å². The molecule has 0 aliphatic heterocycles. The predicted molar refractivity (Wildman–Crippen MR) is 80.7 cm³/mol. The van der Waals surface area contributed by atoms with Crippen molar-refractivity contribution in [3.8, 4) is 0 Å². The molecule has 1 heterocycles. The first kappa shape index (κ1) is 15.9. The Labute approximate surface area is 117 Å². The molecule has 1 N–H and O–H groups in total. The van der Waals surface area contributed by atoms with E-state index in [4.69, 9.17) is 4.74 Å². The van der Waals surface area contributed by atoms with Crippen LogP contribution in [-0.4, -0.2) is 38.3 Å². The fraction of sp³-hybridized carbons (Fsp3) is 0.667. The van der Waals surface area contributed by atoms with Crippen LogP contribution in [0.3, 0.4) is 0 Å². The molecule has 0 aromatic carbocycles. The lowest BCUT2D eigenvalue weighted by Gasteiger charge is -2.32. The molecule has 1 rings (SSSR count). The summed E-state index contributed by atoms with van der Waals surface area (Å²) in [5, 5.41) is 3.21. The Kier molecular flexibility index (Phi) is 6.81. The smallest absolute Gasteiger partial charge is 0.0637 e. The second-order valence-electron chi connectivity index (χ2n) is 4.93. The molecule has 4 heteroatoms. The molecule has 0 spiro atoms. The first-order chi connectivity index (χ1) is 9.13. The zero-order chi connectivity index (χ0) is 14.3. The lowest BCUT2D eigenvalue weighted by Crippen LogP contribution is -2.36. The highest BCUT2D eigenvalue weighted by atomic mass is 16.5. The Balaban J connectivity index is 3.07. The molecule has 0 amide bonds. The van der Waals surface area contributed by atoms with Gasteiger partial charge in [-0.1, -0.05) is 6.92 Å². The highest BCUT2D eigenvalue weighted by Gasteiger charge is 2.16. The van der Waals surface area contributed by atoms with E-state index in [1.54, 1.807) is 7.11 Å². The number of hydrogen-bond donors (Lipinski definition) is 1. The average molecular weight is 265 g/mol. The monoisotopic (exact) mass is 265 g/mol. The number of pyridine rings is 1. The van der Waals surface area contributed by atoms with Crippen molar-refractivity contribution in [2.45, 2.75) is 39.8 Å². The van der Waals surface area contributed by atoms with Gasteiger partial charge < -0.3 is 15.0 Å². The van der Waals surface area contributed by atoms with Crippen molar-refractivity contribution >= 4 is 5.69 Å². The van der Waals surface area contributed by atoms with Crippen LogP contribution in [0.1, 0.15) is 31.5 Å². The Bertz CT molecular complexity index is 382. The number of aromatic nitrogens is 1. The number of nitrogens with zero attached hydrogens (tertiary/aromatic N) is 2. The third kappa shape index (κ3) is 4.48. The Hall–Kier alpha value is -1.13. The molecule has 1 aromatic rings. The van der Waals surface area contributed by atoms with Gasteiger partial charge in [-0.05, 0) is 33.4 Å². The van der Waals surface area contributed by atoms with E-state index in [9.17, 15) is 0 Å². The molecule has 1 atom stereocenters. The molecular weight excluding hydrogens is 238 g/mol. The molecule has 4 nitrogen and oxygen atoms in total. The van der Waals surface area contributed by atoms with E-state index in [2.05, 4.69) is 35.1 Å². The maximum atomic E-state index is 5.25. The summed E-state index contributed by atoms with van der Waals surface area (Å²) in [7, 11) is 3.72. The van der Waals surface area contributed by atoms with Crippen LogP contribution in [-0.2, 0) is 11.3 Å². The summed E-state index contributed by atoms with van der Waals surface area (Å²) in [6.07, 6.45) is 3.09. The Morgan fingerprint density at radius 2 is 2.21 bits per heavy atom. The molecule has 0 aliphatic carbocycles. The number of rotatable bonds is 8. The number of anilines is 1. The summed E-state index contributed by atoms with van der Waals surface area (Å²) < 4.78 is 5.25. The van der Waals surface area contributed by atoms with E-state index in [0.29, 0.717) is 6.04 Å². The maximum absolute atomic E-state index is 5.25. The van der Waals surface area contributed by atoms with Crippen molar-refractivity contribution in [1.82, 2.24) is 10.3 Å². The number of hydrogen-bond acceptors (Lipinski definition) is 4. The largest absolute Gasteiger partial charge is 0.383 e. The Morgan fingerprint density at radius 1 is 1.47 bits per heavy atom. The van der Waals surface area contributed by atoms with Gasteiger partial charge in [0, 0.05) is 49.4 Å². The molecule has 0 fully saturated rings. The maximum Gasteiger partial charge on any atom is 0.0637 e. The molecule has 0 aliphatic rings. The second kappa shape index (κ2) is 8.12. The van der Waals surface area contributed by atoms with E-state index in [1.165, 1.54) is 11.3 Å². The van der Waals surface area contributed by atoms with Gasteiger partial charge >= 0.3 is 0 Å². The van der Waals surface area contributed by atoms with Crippen molar-refractivity contribution in [3.63, 3.8) is 0 Å². The van der Waals surface area contributed by atoms with E-state index in [-0.39, 0.29) is 0 Å². The van der Waals surface area contributed by atoms with E-state index in [0.717, 1.165) is 31.8 Å². The van der Waals surface area contributed by atoms with E-state index < -0.39 is 0 Å². The van der Waals surface area contributed by atoms with Crippen LogP contribution in [0.15, 0.2) is 12.3 Å². The number of nitrogens with one attached hydrogen (secondary N) is 1. The first-order valence-electron chi connectivity index (χ1n) is 6.99. The van der Waals surface area contributed by atoms with Gasteiger partial charge in [0.1, 0.15) is 0 Å². The van der Waals surface area contributed by atoms with Gasteiger partial charge in [-0.15, -0.1) is 0 Å². The fourth-order valence-electron chi connectivity index (χ4n) is 2.16. The zero-order valence-corrected chi connectivity index (χ0v) is 12.9. The minimum atomic E-state index is 0.493. The normalized spacial score (nSPS) is 12.5. The summed E-state index contributed by atoms with van der Waals surface area (Å²) in [6, 6.07) is 2.67. The summed E-state index contributed by atoms with van der Waals surface area (Å²) in [6.45, 7) is 9.00. The fourth-order valence-corrected chi connectivity index (χ4v) is 2.16. The molecule has 19 heavy (non-hydrogen) atoms. The molecule has 1 aromatic heterocycles. The first-order valence-corrected chi connectivity index (χ1v) is 6.99. The lowest BCUT2D eigenvalue weighted by molar-refractivity contribution is 0.203. The minimum absolute atomic E-state index is 0.493. The summed E-state index contributed by atoms with van der Waals surface area (Å²) >= 11 is 0. The van der Waals surface area contributed by atoms with E-state index in [1.807, 2.05) is 20.2 Å². The molecular formula is C15H27N3O. The molecule has 0 saturated carbocycles. The van der Waals surface area contributed by atoms with Crippen molar-refractivity contribution in [1.29, 1.82) is 0 Å². The van der Waals surface area contributed by atoms with Gasteiger partial charge in [0.25, 0.3) is 0 Å². The van der Waals surface area contributed by atoms with Gasteiger partial charge in [-0.3, -0.25) is 4.98 Å². The molecule has 0 radical (unpaired) electrons. The summed E-state index contributed by atoms with van der Waals surface area (Å²) in [5.74, 6) is 0. The van der Waals surface area contributed by atoms with Gasteiger partial charge in [0.15, 0.2) is 0 Å². The number of ether oxygens (including phenoxy) is 1. The van der Waals surface area contributed by atoms with Crippen molar-refractivity contribution in [2.24, 2.45) is 0 Å². The third-order valence-electron chi connectivity index (χ3n) is 3.43. The van der Waals surface area contributed by atoms with Gasteiger partial charge in [0.05, 0.1) is 6.61 Å². The number of aryl methyl sites for hydroxylation is 1. The van der Waals surface area contributed by atoms with Crippen molar-refractivity contribution in [2.75, 3.05) is 32.2 Å². The summed E-state index contributed by atoms with van der Waals surface area (Å²) in [4.78, 5) is 6.83. The topological polar surface area (TPSA) is 37.4 Å². The van der Waals surface area contributed by atoms with Gasteiger partial charge in [0.2, 0.25) is 0 Å². The molecule has 0 saturated heterocycles. The highest BCUT2D eigenvalue weighted by molar-refractivity contribution is 5.54. The SMILES string of the molecule is CCC(C)N(CCOC)c1cc(C)ncc1CNC.